The molecular weight excluding hydrogens is 624 g/mol. The summed E-state index contributed by atoms with van der Waals surface area (Å²) in [5.41, 5.74) is 3.40. The zero-order valence-corrected chi connectivity index (χ0v) is 23.7. The lowest BCUT2D eigenvalue weighted by atomic mass is 9.89. The molecule has 5 heterocycles. The number of nitrogens with two attached hydrogens (primary N) is 1. The summed E-state index contributed by atoms with van der Waals surface area (Å²) in [6, 6.07) is 0. The minimum Gasteiger partial charge on any atom is -0.756 e. The van der Waals surface area contributed by atoms with Crippen LogP contribution in [0.15, 0.2) is 26.9 Å². The number of rotatable bonds is 9. The van der Waals surface area contributed by atoms with E-state index in [0.29, 0.717) is 0 Å². The van der Waals surface area contributed by atoms with Crippen LogP contribution in [0.4, 0.5) is 5.95 Å². The molecule has 21 nitrogen and oxygen atoms in total. The van der Waals surface area contributed by atoms with Gasteiger partial charge in [-0.1, -0.05) is 0 Å². The number of fused-ring (bicyclic) bond motifs is 1. The van der Waals surface area contributed by atoms with E-state index < -0.39 is 81.9 Å². The molecule has 2 fully saturated rings. The molecule has 2 aliphatic rings. The number of aryl methyl sites for hydroxylation is 1. The number of H-pyrrole nitrogens is 2. The molecule has 43 heavy (non-hydrogen) atoms. The highest BCUT2D eigenvalue weighted by Crippen LogP contribution is 2.48. The van der Waals surface area contributed by atoms with Crippen molar-refractivity contribution in [3.63, 3.8) is 0 Å². The van der Waals surface area contributed by atoms with Crippen molar-refractivity contribution in [2.45, 2.75) is 56.6 Å². The normalized spacial score (nSPS) is 28.3. The first-order valence-electron chi connectivity index (χ1n) is 12.5. The first kappa shape index (κ1) is 31.4. The van der Waals surface area contributed by atoms with Gasteiger partial charge in [0.05, 0.1) is 25.1 Å². The van der Waals surface area contributed by atoms with E-state index in [4.69, 9.17) is 19.7 Å². The number of hydrogen-bond donors (Lipinski definition) is 7. The van der Waals surface area contributed by atoms with Gasteiger partial charge in [0.15, 0.2) is 11.2 Å². The summed E-state index contributed by atoms with van der Waals surface area (Å²) in [6.07, 6.45) is -6.78. The van der Waals surface area contributed by atoms with E-state index in [-0.39, 0.29) is 35.5 Å². The molecule has 236 valence electrons. The van der Waals surface area contributed by atoms with Crippen LogP contribution in [0.3, 0.4) is 0 Å². The first-order valence-corrected chi connectivity index (χ1v) is 15.5. The van der Waals surface area contributed by atoms with Crippen LogP contribution >= 0.6 is 15.6 Å². The maximum Gasteiger partial charge on any atom is 0.469 e. The Labute approximate surface area is 238 Å². The molecule has 0 radical (unpaired) electrons. The highest BCUT2D eigenvalue weighted by atomic mass is 31.2. The molecule has 0 bridgehead atoms. The maximum atomic E-state index is 12.4. The van der Waals surface area contributed by atoms with E-state index in [0.717, 1.165) is 4.57 Å². The lowest BCUT2D eigenvalue weighted by Crippen LogP contribution is -2.45. The third-order valence-corrected chi connectivity index (χ3v) is 8.04. The molecule has 3 aromatic heterocycles. The van der Waals surface area contributed by atoms with Crippen LogP contribution in [0.25, 0.3) is 11.2 Å². The Bertz CT molecular complexity index is 1790. The fraction of sp³-hybridized carbons (Fsp3) is 0.550. The molecular formula is C20H26N7O14P2-. The molecule has 2 saturated heterocycles. The van der Waals surface area contributed by atoms with Crippen molar-refractivity contribution in [2.75, 3.05) is 12.3 Å². The molecule has 0 aromatic carbocycles. The number of imidazole rings is 1. The van der Waals surface area contributed by atoms with Crippen LogP contribution in [0.1, 0.15) is 30.9 Å². The molecule has 3 aromatic rings. The summed E-state index contributed by atoms with van der Waals surface area (Å²) in [5, 5.41) is 10.9. The van der Waals surface area contributed by atoms with Gasteiger partial charge in [0.1, 0.15) is 24.7 Å². The summed E-state index contributed by atoms with van der Waals surface area (Å²) < 4.78 is 47.1. The van der Waals surface area contributed by atoms with Crippen molar-refractivity contribution in [3.8, 4) is 0 Å². The van der Waals surface area contributed by atoms with Crippen molar-refractivity contribution in [2.24, 2.45) is 5.92 Å². The predicted molar refractivity (Wildman–Crippen MR) is 138 cm³/mol. The van der Waals surface area contributed by atoms with E-state index >= 15 is 0 Å². The second kappa shape index (κ2) is 11.5. The third kappa shape index (κ3) is 6.71. The van der Waals surface area contributed by atoms with E-state index in [1.165, 1.54) is 24.0 Å². The van der Waals surface area contributed by atoms with Crippen molar-refractivity contribution >= 4 is 32.8 Å². The Morgan fingerprint density at radius 1 is 1.14 bits per heavy atom. The summed E-state index contributed by atoms with van der Waals surface area (Å²) >= 11 is 0. The predicted octanol–water partition coefficient (Wildman–Crippen LogP) is -2.93. The van der Waals surface area contributed by atoms with Gasteiger partial charge in [-0.05, 0) is 6.92 Å². The summed E-state index contributed by atoms with van der Waals surface area (Å²) in [7, 11) is -10.7. The Morgan fingerprint density at radius 2 is 1.84 bits per heavy atom. The molecule has 8 atom stereocenters. The number of aromatic amines is 2. The molecule has 0 saturated carbocycles. The number of anilines is 1. The van der Waals surface area contributed by atoms with Crippen LogP contribution < -0.4 is 27.4 Å². The number of nitrogens with zero attached hydrogens (tertiary/aromatic N) is 4. The summed E-state index contributed by atoms with van der Waals surface area (Å²) in [6.45, 7) is 0.592. The van der Waals surface area contributed by atoms with E-state index in [1.807, 2.05) is 0 Å². The Balaban J connectivity index is 1.52. The largest absolute Gasteiger partial charge is 0.756 e. The maximum absolute atomic E-state index is 12.4. The SMILES string of the molecule is Cc1cn(C2CC(O)C(C(OP(=O)([O-])O)C3CC(n4cnc5c(=O)[nH]c(N)nc54)OC3COP(=O)(O)O)O2)c(=O)[nH]c1=O. The standard InChI is InChI=1S/C20H27N7O14P2/c1-7-4-26(20(31)25-17(7)29)12-3-9(28)15(40-12)14(41-43(35,36)37)8-2-11(39-10(8)5-38-42(32,33)34)27-6-22-13-16(27)23-19(21)24-18(13)30/h4,6,8-12,14-15,28H,2-3,5H2,1H3,(H,25,29,31)(H2,32,33,34)(H2,35,36,37)(H3,21,23,24,30)/p-1. The van der Waals surface area contributed by atoms with Gasteiger partial charge in [-0.3, -0.25) is 37.8 Å². The van der Waals surface area contributed by atoms with Gasteiger partial charge in [0, 0.05) is 30.5 Å². The van der Waals surface area contributed by atoms with Gasteiger partial charge in [-0.25, -0.2) is 14.3 Å². The number of nitrogen functional groups attached to an aromatic ring is 1. The fourth-order valence-corrected chi connectivity index (χ4v) is 6.16. The van der Waals surface area contributed by atoms with Gasteiger partial charge < -0.3 is 44.4 Å². The molecule has 5 rings (SSSR count). The van der Waals surface area contributed by atoms with Crippen molar-refractivity contribution in [1.82, 2.24) is 29.1 Å². The van der Waals surface area contributed by atoms with Gasteiger partial charge in [0.25, 0.3) is 18.9 Å². The van der Waals surface area contributed by atoms with Gasteiger partial charge in [-0.2, -0.15) is 4.98 Å². The lowest BCUT2D eigenvalue weighted by molar-refractivity contribution is -0.234. The van der Waals surface area contributed by atoms with Crippen LogP contribution in [0.5, 0.6) is 0 Å². The van der Waals surface area contributed by atoms with E-state index in [1.54, 1.807) is 0 Å². The summed E-state index contributed by atoms with van der Waals surface area (Å²) in [5.74, 6) is -1.50. The molecule has 2 aliphatic heterocycles. The third-order valence-electron chi connectivity index (χ3n) is 7.04. The fourth-order valence-electron chi connectivity index (χ4n) is 5.23. The number of aromatic nitrogens is 6. The Hall–Kier alpha value is -3.07. The minimum absolute atomic E-state index is 0.0410. The Morgan fingerprint density at radius 3 is 2.51 bits per heavy atom. The zero-order valence-electron chi connectivity index (χ0n) is 21.9. The second-order valence-electron chi connectivity index (χ2n) is 9.97. The average Bonchev–Trinajstić information content (AvgIpc) is 3.59. The van der Waals surface area contributed by atoms with Crippen molar-refractivity contribution in [1.29, 1.82) is 0 Å². The van der Waals surface area contributed by atoms with Crippen molar-refractivity contribution < 1.29 is 52.3 Å². The highest BCUT2D eigenvalue weighted by molar-refractivity contribution is 7.46. The molecule has 0 spiro atoms. The molecule has 8 N–H and O–H groups in total. The number of ether oxygens (including phenoxy) is 2. The van der Waals surface area contributed by atoms with E-state index in [2.05, 4.69) is 24.5 Å². The van der Waals surface area contributed by atoms with Crippen LogP contribution in [0, 0.1) is 12.8 Å². The highest BCUT2D eigenvalue weighted by Gasteiger charge is 2.51. The van der Waals surface area contributed by atoms with E-state index in [9.17, 15) is 48.2 Å². The Kier molecular flexibility index (Phi) is 8.35. The van der Waals surface area contributed by atoms with Gasteiger partial charge in [0.2, 0.25) is 5.95 Å². The molecule has 8 unspecified atom stereocenters. The zero-order chi connectivity index (χ0) is 31.4. The topological polar surface area (TPSA) is 319 Å². The van der Waals surface area contributed by atoms with Crippen LogP contribution in [0.2, 0.25) is 0 Å². The number of aliphatic hydroxyl groups excluding tert-OH is 1. The number of phosphoric ester groups is 2. The minimum atomic E-state index is -5.58. The van der Waals surface area contributed by atoms with Gasteiger partial charge >= 0.3 is 13.5 Å². The van der Waals surface area contributed by atoms with Crippen LogP contribution in [-0.2, 0) is 27.7 Å². The first-order chi connectivity index (χ1) is 20.0. The molecule has 23 heteroatoms. The van der Waals surface area contributed by atoms with Gasteiger partial charge in [-0.15, -0.1) is 0 Å². The number of nitrogens with one attached hydrogen (secondary N) is 2. The van der Waals surface area contributed by atoms with Crippen LogP contribution in [-0.4, -0.2) is 79.9 Å². The molecule has 0 amide bonds. The molecule has 0 aliphatic carbocycles. The monoisotopic (exact) mass is 650 g/mol. The number of aliphatic hydroxyl groups is 1. The second-order valence-corrected chi connectivity index (χ2v) is 12.4. The lowest BCUT2D eigenvalue weighted by Gasteiger charge is -2.35. The summed E-state index contributed by atoms with van der Waals surface area (Å²) in [4.78, 5) is 89.1. The smallest absolute Gasteiger partial charge is 0.469 e. The number of phosphoric acid groups is 2. The average molecular weight is 650 g/mol. The quantitative estimate of drug-likeness (QED) is 0.114. The number of hydrogen-bond acceptors (Lipinski definition) is 14. The van der Waals surface area contributed by atoms with Crippen molar-refractivity contribution in [3.05, 3.63) is 49.3 Å².